The molecule has 1 atom stereocenters. The third kappa shape index (κ3) is 34.7. The predicted molar refractivity (Wildman–Crippen MR) is 214 cm³/mol. The summed E-state index contributed by atoms with van der Waals surface area (Å²) < 4.78 is 16.8. The van der Waals surface area contributed by atoms with Crippen LogP contribution < -0.4 is 0 Å². The Kier molecular flexibility index (Phi) is 32.3. The van der Waals surface area contributed by atoms with Crippen molar-refractivity contribution in [1.82, 2.24) is 4.90 Å². The second-order valence-electron chi connectivity index (χ2n) is 15.9. The van der Waals surface area contributed by atoms with Gasteiger partial charge in [-0.05, 0) is 96.1 Å². The molecule has 0 saturated carbocycles. The number of hydrogen-bond acceptors (Lipinski definition) is 7. The van der Waals surface area contributed by atoms with Crippen LogP contribution in [0.2, 0.25) is 0 Å². The molecule has 0 aliphatic rings. The maximum absolute atomic E-state index is 13.1. The molecule has 0 amide bonds. The molecule has 298 valence electrons. The summed E-state index contributed by atoms with van der Waals surface area (Å²) in [7, 11) is 4.15. The Morgan fingerprint density at radius 2 is 1.06 bits per heavy atom. The summed E-state index contributed by atoms with van der Waals surface area (Å²) in [5, 5.41) is 0. The minimum atomic E-state index is -0.227. The number of unbranched alkanes of at least 4 members (excludes halogenated alkanes) is 14. The smallest absolute Gasteiger partial charge is 0.306 e. The molecular formula is C44H81NO6. The molecule has 0 aliphatic heterocycles. The Morgan fingerprint density at radius 3 is 1.51 bits per heavy atom. The van der Waals surface area contributed by atoms with Gasteiger partial charge in [0.1, 0.15) is 19.3 Å². The molecule has 7 heteroatoms. The van der Waals surface area contributed by atoms with Gasteiger partial charge in [-0.25, -0.2) is 0 Å². The fourth-order valence-corrected chi connectivity index (χ4v) is 6.75. The Morgan fingerprint density at radius 1 is 0.608 bits per heavy atom. The monoisotopic (exact) mass is 720 g/mol. The van der Waals surface area contributed by atoms with Crippen LogP contribution in [0.25, 0.3) is 0 Å². The van der Waals surface area contributed by atoms with Gasteiger partial charge in [-0.15, -0.1) is 0 Å². The highest BCUT2D eigenvalue weighted by Gasteiger charge is 2.27. The van der Waals surface area contributed by atoms with Gasteiger partial charge >= 0.3 is 17.9 Å². The standard InChI is InChI=1S/C44H81NO6/c1-8-10-12-14-16-18-20-22-28-34-49-41(46)32-26-24-30-40(51-43(48)37-44(4,5)36-39(3)38-45(6)7)31-25-27-33-42(47)50-35-29-23-21-19-17-15-13-11-9-2/h22-23,28-29,39-40H,8-21,24-27,30-38H2,1-7H3/b28-22-,29-23-. The molecule has 0 saturated heterocycles. The Bertz CT molecular complexity index is 861. The Balaban J connectivity index is 4.61. The molecule has 1 unspecified atom stereocenters. The number of esters is 3. The van der Waals surface area contributed by atoms with Crippen molar-refractivity contribution in [2.75, 3.05) is 33.9 Å². The van der Waals surface area contributed by atoms with Crippen LogP contribution in [0.15, 0.2) is 24.3 Å². The number of rotatable bonds is 35. The summed E-state index contributed by atoms with van der Waals surface area (Å²) in [6.45, 7) is 12.6. The number of allylic oxidation sites excluding steroid dienone is 2. The number of carbonyl (C=O) groups is 3. The van der Waals surface area contributed by atoms with E-state index >= 15 is 0 Å². The predicted octanol–water partition coefficient (Wildman–Crippen LogP) is 11.7. The van der Waals surface area contributed by atoms with Gasteiger partial charge in [-0.1, -0.05) is 123 Å². The van der Waals surface area contributed by atoms with E-state index in [0.29, 0.717) is 64.1 Å². The van der Waals surface area contributed by atoms with Gasteiger partial charge in [0.25, 0.3) is 0 Å². The first-order valence-corrected chi connectivity index (χ1v) is 20.9. The van der Waals surface area contributed by atoms with Crippen LogP contribution >= 0.6 is 0 Å². The molecule has 0 fully saturated rings. The first-order valence-electron chi connectivity index (χ1n) is 20.9. The lowest BCUT2D eigenvalue weighted by atomic mass is 9.80. The van der Waals surface area contributed by atoms with E-state index in [9.17, 15) is 14.4 Å². The van der Waals surface area contributed by atoms with E-state index in [0.717, 1.165) is 38.6 Å². The normalized spacial score (nSPS) is 12.7. The number of nitrogens with zero attached hydrogens (tertiary/aromatic N) is 1. The van der Waals surface area contributed by atoms with Crippen LogP contribution in [0.4, 0.5) is 0 Å². The minimum absolute atomic E-state index is 0.156. The molecule has 0 spiro atoms. The zero-order chi connectivity index (χ0) is 38.0. The third-order valence-corrected chi connectivity index (χ3v) is 9.28. The topological polar surface area (TPSA) is 82.1 Å². The molecule has 51 heavy (non-hydrogen) atoms. The lowest BCUT2D eigenvalue weighted by Crippen LogP contribution is -2.28. The lowest BCUT2D eigenvalue weighted by Gasteiger charge is -2.29. The number of ether oxygens (including phenoxy) is 3. The molecule has 0 bridgehead atoms. The second-order valence-corrected chi connectivity index (χ2v) is 15.9. The van der Waals surface area contributed by atoms with Gasteiger partial charge in [0.15, 0.2) is 0 Å². The van der Waals surface area contributed by atoms with Crippen molar-refractivity contribution < 1.29 is 28.6 Å². The summed E-state index contributed by atoms with van der Waals surface area (Å²) in [4.78, 5) is 39.8. The Labute approximate surface area is 315 Å². The van der Waals surface area contributed by atoms with Crippen molar-refractivity contribution in [2.45, 2.75) is 195 Å². The zero-order valence-corrected chi connectivity index (χ0v) is 34.5. The van der Waals surface area contributed by atoms with Gasteiger partial charge in [0.2, 0.25) is 0 Å². The average Bonchev–Trinajstić information content (AvgIpc) is 3.05. The summed E-state index contributed by atoms with van der Waals surface area (Å²) in [5.74, 6) is -0.0552. The second kappa shape index (κ2) is 33.7. The zero-order valence-electron chi connectivity index (χ0n) is 34.5. The maximum atomic E-state index is 13.1. The van der Waals surface area contributed by atoms with Crippen molar-refractivity contribution in [2.24, 2.45) is 11.3 Å². The van der Waals surface area contributed by atoms with Crippen LogP contribution in [0, 0.1) is 11.3 Å². The summed E-state index contributed by atoms with van der Waals surface area (Å²) in [6.07, 6.45) is 31.7. The molecule has 0 aromatic rings. The lowest BCUT2D eigenvalue weighted by molar-refractivity contribution is -0.153. The highest BCUT2D eigenvalue weighted by Crippen LogP contribution is 2.30. The fourth-order valence-electron chi connectivity index (χ4n) is 6.75. The van der Waals surface area contributed by atoms with Gasteiger partial charge in [-0.2, -0.15) is 0 Å². The van der Waals surface area contributed by atoms with E-state index in [2.05, 4.69) is 65.8 Å². The van der Waals surface area contributed by atoms with E-state index < -0.39 is 0 Å². The summed E-state index contributed by atoms with van der Waals surface area (Å²) in [6, 6.07) is 0. The van der Waals surface area contributed by atoms with E-state index in [-0.39, 0.29) is 29.4 Å². The van der Waals surface area contributed by atoms with Crippen LogP contribution in [0.1, 0.15) is 189 Å². The highest BCUT2D eigenvalue weighted by atomic mass is 16.5. The molecule has 0 aromatic heterocycles. The third-order valence-electron chi connectivity index (χ3n) is 9.28. The SMILES string of the molecule is CCCCCCCC/C=C\COC(=O)CCCCC(CCCCC(=O)OC/C=C\CCCCCCCC)OC(=O)CC(C)(C)CC(C)CN(C)C. The summed E-state index contributed by atoms with van der Waals surface area (Å²) in [5.41, 5.74) is -0.156. The van der Waals surface area contributed by atoms with Crippen molar-refractivity contribution >= 4 is 17.9 Å². The van der Waals surface area contributed by atoms with E-state index in [1.165, 1.54) is 77.0 Å². The van der Waals surface area contributed by atoms with Gasteiger partial charge in [-0.3, -0.25) is 14.4 Å². The van der Waals surface area contributed by atoms with Crippen molar-refractivity contribution in [3.63, 3.8) is 0 Å². The van der Waals surface area contributed by atoms with E-state index in [1.807, 2.05) is 12.2 Å². The molecule has 0 rings (SSSR count). The quantitative estimate of drug-likeness (QED) is 0.0279. The molecule has 7 nitrogen and oxygen atoms in total. The molecule has 0 aromatic carbocycles. The first kappa shape index (κ1) is 48.9. The molecule has 0 aliphatic carbocycles. The first-order chi connectivity index (χ1) is 24.5. The minimum Gasteiger partial charge on any atom is -0.462 e. The summed E-state index contributed by atoms with van der Waals surface area (Å²) >= 11 is 0. The molecular weight excluding hydrogens is 638 g/mol. The van der Waals surface area contributed by atoms with Gasteiger partial charge in [0.05, 0.1) is 6.42 Å². The largest absolute Gasteiger partial charge is 0.462 e. The Hall–Kier alpha value is -2.15. The highest BCUT2D eigenvalue weighted by molar-refractivity contribution is 5.70. The van der Waals surface area contributed by atoms with Gasteiger partial charge in [0, 0.05) is 19.4 Å². The maximum Gasteiger partial charge on any atom is 0.306 e. The molecule has 0 radical (unpaired) electrons. The number of hydrogen-bond donors (Lipinski definition) is 0. The molecule has 0 heterocycles. The molecule has 0 N–H and O–H groups in total. The van der Waals surface area contributed by atoms with E-state index in [4.69, 9.17) is 14.2 Å². The van der Waals surface area contributed by atoms with E-state index in [1.54, 1.807) is 0 Å². The van der Waals surface area contributed by atoms with Gasteiger partial charge < -0.3 is 19.1 Å². The number of carbonyl (C=O) groups excluding carboxylic acids is 3. The van der Waals surface area contributed by atoms with Crippen LogP contribution in [-0.4, -0.2) is 62.8 Å². The fraction of sp³-hybridized carbons (Fsp3) is 0.841. The van der Waals surface area contributed by atoms with Crippen molar-refractivity contribution in [1.29, 1.82) is 0 Å². The van der Waals surface area contributed by atoms with Crippen molar-refractivity contribution in [3.8, 4) is 0 Å². The average molecular weight is 720 g/mol. The van der Waals surface area contributed by atoms with Crippen molar-refractivity contribution in [3.05, 3.63) is 24.3 Å². The van der Waals surface area contributed by atoms with Crippen LogP contribution in [0.5, 0.6) is 0 Å². The van der Waals surface area contributed by atoms with Crippen LogP contribution in [0.3, 0.4) is 0 Å². The van der Waals surface area contributed by atoms with Crippen LogP contribution in [-0.2, 0) is 28.6 Å².